The zero-order valence-electron chi connectivity index (χ0n) is 21.9. The highest BCUT2D eigenvalue weighted by Gasteiger charge is 2.28. The molecule has 0 aliphatic carbocycles. The molecule has 3 heterocycles. The first kappa shape index (κ1) is 26.0. The molecule has 5 rings (SSSR count). The summed E-state index contributed by atoms with van der Waals surface area (Å²) < 4.78 is 25.9. The number of piperazine rings is 1. The van der Waals surface area contributed by atoms with E-state index in [1.54, 1.807) is 35.4 Å². The summed E-state index contributed by atoms with van der Waals surface area (Å²) in [5, 5.41) is 4.73. The summed E-state index contributed by atoms with van der Waals surface area (Å²) in [6, 6.07) is 14.5. The van der Waals surface area contributed by atoms with Crippen molar-refractivity contribution in [3.05, 3.63) is 72.3 Å². The standard InChI is InChI=1S/C28H29FN6O4/c1-28(2,3)39-27(37)34-16-14-33(15-17-34)22-12-13-31-24-23(22)32-35(25(24)26(30)36)19-6-10-21(11-7-19)38-20-8-4-18(29)5-9-20/h4-13H,14-17H2,1-3H3,(H2,30,36). The Morgan fingerprint density at radius 1 is 0.897 bits per heavy atom. The highest BCUT2D eigenvalue weighted by atomic mass is 19.1. The van der Waals surface area contributed by atoms with Gasteiger partial charge in [0.2, 0.25) is 0 Å². The van der Waals surface area contributed by atoms with Crippen molar-refractivity contribution >= 4 is 28.7 Å². The fourth-order valence-corrected chi connectivity index (χ4v) is 4.38. The van der Waals surface area contributed by atoms with E-state index in [0.29, 0.717) is 54.4 Å². The van der Waals surface area contributed by atoms with Crippen molar-refractivity contribution in [1.29, 1.82) is 0 Å². The summed E-state index contributed by atoms with van der Waals surface area (Å²) in [6.07, 6.45) is 1.28. The van der Waals surface area contributed by atoms with E-state index in [1.165, 1.54) is 28.9 Å². The van der Waals surface area contributed by atoms with E-state index in [2.05, 4.69) is 9.88 Å². The van der Waals surface area contributed by atoms with Gasteiger partial charge in [0.05, 0.1) is 11.4 Å². The van der Waals surface area contributed by atoms with Crippen molar-refractivity contribution in [3.63, 3.8) is 0 Å². The van der Waals surface area contributed by atoms with Crippen LogP contribution in [0.1, 0.15) is 31.3 Å². The molecule has 39 heavy (non-hydrogen) atoms. The van der Waals surface area contributed by atoms with Crippen molar-refractivity contribution in [2.24, 2.45) is 5.73 Å². The average Bonchev–Trinajstić information content (AvgIpc) is 3.30. The maximum atomic E-state index is 13.2. The van der Waals surface area contributed by atoms with Crippen molar-refractivity contribution in [1.82, 2.24) is 19.7 Å². The van der Waals surface area contributed by atoms with Crippen LogP contribution in [0.5, 0.6) is 11.5 Å². The second-order valence-electron chi connectivity index (χ2n) is 10.2. The molecule has 4 aromatic rings. The van der Waals surface area contributed by atoms with E-state index < -0.39 is 11.5 Å². The first-order chi connectivity index (χ1) is 18.6. The SMILES string of the molecule is CC(C)(C)OC(=O)N1CCN(c2ccnc3c(C(N)=O)n(-c4ccc(Oc5ccc(F)cc5)cc4)nc23)CC1. The molecule has 2 aromatic heterocycles. The van der Waals surface area contributed by atoms with Crippen molar-refractivity contribution in [3.8, 4) is 17.2 Å². The van der Waals surface area contributed by atoms with Gasteiger partial charge in [-0.3, -0.25) is 9.78 Å². The molecule has 0 unspecified atom stereocenters. The average molecular weight is 533 g/mol. The van der Waals surface area contributed by atoms with Crippen LogP contribution in [0.3, 0.4) is 0 Å². The molecule has 0 atom stereocenters. The molecule has 0 radical (unpaired) electrons. The van der Waals surface area contributed by atoms with Gasteiger partial charge < -0.3 is 25.0 Å². The van der Waals surface area contributed by atoms with Gasteiger partial charge in [0.15, 0.2) is 5.69 Å². The largest absolute Gasteiger partial charge is 0.457 e. The number of aromatic nitrogens is 3. The van der Waals surface area contributed by atoms with Crippen LogP contribution in [0.4, 0.5) is 14.9 Å². The van der Waals surface area contributed by atoms with Crippen LogP contribution in [0.15, 0.2) is 60.8 Å². The van der Waals surface area contributed by atoms with Crippen LogP contribution >= 0.6 is 0 Å². The number of anilines is 1. The van der Waals surface area contributed by atoms with Crippen LogP contribution in [-0.4, -0.2) is 63.4 Å². The number of primary amides is 1. The van der Waals surface area contributed by atoms with Gasteiger partial charge in [0.1, 0.15) is 34.0 Å². The number of hydrogen-bond donors (Lipinski definition) is 1. The third-order valence-electron chi connectivity index (χ3n) is 6.18. The number of fused-ring (bicyclic) bond motifs is 1. The molecule has 2 aromatic carbocycles. The van der Waals surface area contributed by atoms with Crippen molar-refractivity contribution in [2.75, 3.05) is 31.1 Å². The van der Waals surface area contributed by atoms with Crippen molar-refractivity contribution < 1.29 is 23.5 Å². The molecule has 202 valence electrons. The monoisotopic (exact) mass is 532 g/mol. The van der Waals surface area contributed by atoms with E-state index in [9.17, 15) is 14.0 Å². The van der Waals surface area contributed by atoms with E-state index in [4.69, 9.17) is 20.3 Å². The zero-order valence-corrected chi connectivity index (χ0v) is 21.9. The number of amides is 2. The van der Waals surface area contributed by atoms with E-state index in [-0.39, 0.29) is 17.6 Å². The van der Waals surface area contributed by atoms with Gasteiger partial charge in [0.25, 0.3) is 5.91 Å². The number of nitrogens with zero attached hydrogens (tertiary/aromatic N) is 5. The molecule has 10 nitrogen and oxygen atoms in total. The van der Waals surface area contributed by atoms with Crippen LogP contribution in [0.2, 0.25) is 0 Å². The third-order valence-corrected chi connectivity index (χ3v) is 6.18. The normalized spacial score (nSPS) is 13.9. The number of pyridine rings is 1. The Labute approximate surface area is 224 Å². The van der Waals surface area contributed by atoms with Crippen LogP contribution < -0.4 is 15.4 Å². The Morgan fingerprint density at radius 2 is 1.51 bits per heavy atom. The van der Waals surface area contributed by atoms with Crippen LogP contribution in [-0.2, 0) is 4.74 Å². The summed E-state index contributed by atoms with van der Waals surface area (Å²) in [7, 11) is 0. The first-order valence-corrected chi connectivity index (χ1v) is 12.5. The quantitative estimate of drug-likeness (QED) is 0.402. The molecule has 0 bridgehead atoms. The number of rotatable bonds is 5. The molecular formula is C28H29FN6O4. The maximum absolute atomic E-state index is 13.2. The minimum atomic E-state index is -0.663. The Hall–Kier alpha value is -4.67. The second kappa shape index (κ2) is 10.2. The number of benzene rings is 2. The summed E-state index contributed by atoms with van der Waals surface area (Å²) in [5.74, 6) is 0.0145. The fourth-order valence-electron chi connectivity index (χ4n) is 4.38. The molecule has 2 amide bonds. The van der Waals surface area contributed by atoms with Crippen molar-refractivity contribution in [2.45, 2.75) is 26.4 Å². The van der Waals surface area contributed by atoms with E-state index in [1.807, 2.05) is 26.8 Å². The first-order valence-electron chi connectivity index (χ1n) is 12.5. The molecule has 1 aliphatic heterocycles. The number of carbonyl (C=O) groups excluding carboxylic acids is 2. The Bertz CT molecular complexity index is 1500. The van der Waals surface area contributed by atoms with Gasteiger partial charge in [-0.25, -0.2) is 13.9 Å². The smallest absolute Gasteiger partial charge is 0.410 e. The molecule has 0 saturated carbocycles. The number of hydrogen-bond acceptors (Lipinski definition) is 7. The highest BCUT2D eigenvalue weighted by Crippen LogP contribution is 2.30. The van der Waals surface area contributed by atoms with Crippen LogP contribution in [0, 0.1) is 5.82 Å². The Morgan fingerprint density at radius 3 is 2.10 bits per heavy atom. The number of nitrogens with two attached hydrogens (primary N) is 1. The lowest BCUT2D eigenvalue weighted by atomic mass is 10.2. The minimum Gasteiger partial charge on any atom is -0.457 e. The number of ether oxygens (including phenoxy) is 2. The van der Waals surface area contributed by atoms with Gasteiger partial charge in [0, 0.05) is 32.4 Å². The van der Waals surface area contributed by atoms with Gasteiger partial charge in [-0.05, 0) is 75.4 Å². The number of halogens is 1. The summed E-state index contributed by atoms with van der Waals surface area (Å²) in [4.78, 5) is 33.2. The molecule has 1 fully saturated rings. The summed E-state index contributed by atoms with van der Waals surface area (Å²) in [6.45, 7) is 7.61. The predicted octanol–water partition coefficient (Wildman–Crippen LogP) is 4.51. The topological polar surface area (TPSA) is 116 Å². The molecule has 0 spiro atoms. The zero-order chi connectivity index (χ0) is 27.7. The van der Waals surface area contributed by atoms with Gasteiger partial charge in [-0.15, -0.1) is 0 Å². The summed E-state index contributed by atoms with van der Waals surface area (Å²) in [5.41, 5.74) is 7.67. The predicted molar refractivity (Wildman–Crippen MR) is 144 cm³/mol. The number of carbonyl (C=O) groups is 2. The van der Waals surface area contributed by atoms with Gasteiger partial charge in [-0.2, -0.15) is 5.10 Å². The maximum Gasteiger partial charge on any atom is 0.410 e. The van der Waals surface area contributed by atoms with E-state index >= 15 is 0 Å². The van der Waals surface area contributed by atoms with Crippen LogP contribution in [0.25, 0.3) is 16.7 Å². The molecule has 1 aliphatic rings. The molecule has 2 N–H and O–H groups in total. The third kappa shape index (κ3) is 5.62. The Kier molecular flexibility index (Phi) is 6.81. The Balaban J connectivity index is 1.40. The summed E-state index contributed by atoms with van der Waals surface area (Å²) >= 11 is 0. The molecular weight excluding hydrogens is 503 g/mol. The lowest BCUT2D eigenvalue weighted by molar-refractivity contribution is 0.0240. The fraction of sp³-hybridized carbons (Fsp3) is 0.286. The van der Waals surface area contributed by atoms with Gasteiger partial charge >= 0.3 is 6.09 Å². The lowest BCUT2D eigenvalue weighted by Gasteiger charge is -2.36. The minimum absolute atomic E-state index is 0.159. The molecule has 1 saturated heterocycles. The second-order valence-corrected chi connectivity index (χ2v) is 10.2. The highest BCUT2D eigenvalue weighted by molar-refractivity contribution is 6.06. The van der Waals surface area contributed by atoms with Gasteiger partial charge in [-0.1, -0.05) is 0 Å². The van der Waals surface area contributed by atoms with E-state index in [0.717, 1.165) is 5.69 Å². The molecule has 11 heteroatoms. The lowest BCUT2D eigenvalue weighted by Crippen LogP contribution is -2.50.